The highest BCUT2D eigenvalue weighted by Crippen LogP contribution is 2.24. The second-order valence-electron chi connectivity index (χ2n) is 8.89. The molecule has 0 radical (unpaired) electrons. The van der Waals surface area contributed by atoms with Crippen molar-refractivity contribution >= 4 is 34.9 Å². The van der Waals surface area contributed by atoms with Crippen molar-refractivity contribution < 1.29 is 19.1 Å². The largest absolute Gasteiger partial charge is 0.443 e. The second-order valence-corrected chi connectivity index (χ2v) is 8.89. The Balaban J connectivity index is 1.85. The van der Waals surface area contributed by atoms with Gasteiger partial charge in [0.1, 0.15) is 5.60 Å². The maximum atomic E-state index is 12.9. The van der Waals surface area contributed by atoms with Crippen LogP contribution in [0.4, 0.5) is 4.79 Å². The van der Waals surface area contributed by atoms with Crippen molar-refractivity contribution in [2.75, 3.05) is 0 Å². The number of carbonyl (C=O) groups is 3. The Labute approximate surface area is 193 Å². The predicted molar refractivity (Wildman–Crippen MR) is 128 cm³/mol. The van der Waals surface area contributed by atoms with E-state index in [4.69, 9.17) is 4.74 Å². The number of hydrogen-bond acceptors (Lipinski definition) is 4. The number of rotatable bonds is 4. The number of hydrazine groups is 1. The summed E-state index contributed by atoms with van der Waals surface area (Å²) in [6.07, 6.45) is 4.16. The van der Waals surface area contributed by atoms with E-state index >= 15 is 0 Å². The Morgan fingerprint density at radius 1 is 1.00 bits per heavy atom. The standard InChI is InChI=1S/C26H29N3O4/c1-18(2)29(27-24(31)19-11-7-6-8-12-19)23(30)16-15-20-17-28(25(32)33-26(3,4)5)22-14-10-9-13-21(20)22/h6-18H,1-5H3,(H,27,31)/b16-15+. The second kappa shape index (κ2) is 9.73. The summed E-state index contributed by atoms with van der Waals surface area (Å²) in [4.78, 5) is 38.1. The number of nitrogens with zero attached hydrogens (tertiary/aromatic N) is 2. The third-order valence-electron chi connectivity index (χ3n) is 4.75. The van der Waals surface area contributed by atoms with Crippen molar-refractivity contribution in [2.45, 2.75) is 46.3 Å². The van der Waals surface area contributed by atoms with E-state index in [-0.39, 0.29) is 17.9 Å². The van der Waals surface area contributed by atoms with E-state index in [1.807, 2.05) is 44.2 Å². The number of fused-ring (bicyclic) bond motifs is 1. The van der Waals surface area contributed by atoms with Crippen LogP contribution >= 0.6 is 0 Å². The molecular weight excluding hydrogens is 418 g/mol. The summed E-state index contributed by atoms with van der Waals surface area (Å²) in [5, 5.41) is 2.08. The predicted octanol–water partition coefficient (Wildman–Crippen LogP) is 5.02. The fourth-order valence-corrected chi connectivity index (χ4v) is 3.24. The van der Waals surface area contributed by atoms with Gasteiger partial charge in [0.05, 0.1) is 5.52 Å². The lowest BCUT2D eigenvalue weighted by Crippen LogP contribution is -2.49. The number of para-hydroxylation sites is 1. The van der Waals surface area contributed by atoms with E-state index in [0.29, 0.717) is 16.6 Å². The molecule has 3 aromatic rings. The molecule has 1 heterocycles. The third-order valence-corrected chi connectivity index (χ3v) is 4.75. The average Bonchev–Trinajstić information content (AvgIpc) is 3.14. The number of nitrogens with one attached hydrogen (secondary N) is 1. The minimum absolute atomic E-state index is 0.266. The van der Waals surface area contributed by atoms with E-state index in [1.54, 1.807) is 57.3 Å². The van der Waals surface area contributed by atoms with Gasteiger partial charge in [-0.15, -0.1) is 0 Å². The fourth-order valence-electron chi connectivity index (χ4n) is 3.24. The zero-order valence-corrected chi connectivity index (χ0v) is 19.5. The quantitative estimate of drug-likeness (QED) is 0.450. The molecule has 2 aromatic carbocycles. The van der Waals surface area contributed by atoms with E-state index < -0.39 is 11.7 Å². The zero-order chi connectivity index (χ0) is 24.2. The van der Waals surface area contributed by atoms with Crippen molar-refractivity contribution in [2.24, 2.45) is 0 Å². The molecule has 0 saturated carbocycles. The van der Waals surface area contributed by atoms with Crippen molar-refractivity contribution in [3.8, 4) is 0 Å². The van der Waals surface area contributed by atoms with E-state index in [0.717, 1.165) is 5.39 Å². The fraction of sp³-hybridized carbons (Fsp3) is 0.269. The molecule has 3 rings (SSSR count). The SMILES string of the molecule is CC(C)N(NC(=O)c1ccccc1)C(=O)/C=C/c1cn(C(=O)OC(C)(C)C)c2ccccc12. The molecule has 0 unspecified atom stereocenters. The summed E-state index contributed by atoms with van der Waals surface area (Å²) in [5.74, 6) is -0.754. The molecule has 0 bridgehead atoms. The molecule has 33 heavy (non-hydrogen) atoms. The van der Waals surface area contributed by atoms with E-state index in [9.17, 15) is 14.4 Å². The van der Waals surface area contributed by atoms with Crippen LogP contribution in [0, 0.1) is 0 Å². The van der Waals surface area contributed by atoms with E-state index in [1.165, 1.54) is 15.7 Å². The summed E-state index contributed by atoms with van der Waals surface area (Å²) in [6, 6.07) is 15.8. The van der Waals surface area contributed by atoms with Gasteiger partial charge >= 0.3 is 6.09 Å². The number of carbonyl (C=O) groups excluding carboxylic acids is 3. The highest BCUT2D eigenvalue weighted by molar-refractivity contribution is 6.01. The van der Waals surface area contributed by atoms with Gasteiger partial charge in [-0.1, -0.05) is 36.4 Å². The van der Waals surface area contributed by atoms with Crippen molar-refractivity contribution in [1.29, 1.82) is 0 Å². The van der Waals surface area contributed by atoms with Crippen LogP contribution in [0.15, 0.2) is 66.9 Å². The Morgan fingerprint density at radius 3 is 2.27 bits per heavy atom. The highest BCUT2D eigenvalue weighted by atomic mass is 16.6. The van der Waals surface area contributed by atoms with Crippen LogP contribution in [-0.4, -0.2) is 39.1 Å². The minimum atomic E-state index is -0.636. The highest BCUT2D eigenvalue weighted by Gasteiger charge is 2.21. The summed E-state index contributed by atoms with van der Waals surface area (Å²) in [6.45, 7) is 9.04. The first-order chi connectivity index (χ1) is 15.6. The van der Waals surface area contributed by atoms with Gasteiger partial charge < -0.3 is 4.74 Å². The monoisotopic (exact) mass is 447 g/mol. The lowest BCUT2D eigenvalue weighted by Gasteiger charge is -2.25. The van der Waals surface area contributed by atoms with Gasteiger partial charge in [0.15, 0.2) is 0 Å². The first-order valence-corrected chi connectivity index (χ1v) is 10.8. The molecular formula is C26H29N3O4. The molecule has 0 saturated heterocycles. The van der Waals surface area contributed by atoms with Crippen LogP contribution in [0.25, 0.3) is 17.0 Å². The molecule has 0 aliphatic rings. The van der Waals surface area contributed by atoms with Crippen LogP contribution in [0.2, 0.25) is 0 Å². The Kier molecular flexibility index (Phi) is 7.01. The number of amides is 2. The molecule has 0 aliphatic carbocycles. The Morgan fingerprint density at radius 2 is 1.64 bits per heavy atom. The molecule has 0 atom stereocenters. The molecule has 0 aliphatic heterocycles. The molecule has 7 nitrogen and oxygen atoms in total. The molecule has 1 aromatic heterocycles. The molecule has 1 N–H and O–H groups in total. The summed E-state index contributed by atoms with van der Waals surface area (Å²) < 4.78 is 6.94. The van der Waals surface area contributed by atoms with Crippen LogP contribution < -0.4 is 5.43 Å². The molecule has 172 valence electrons. The summed E-state index contributed by atoms with van der Waals surface area (Å²) in [5.41, 5.74) is 3.85. The van der Waals surface area contributed by atoms with Crippen LogP contribution in [-0.2, 0) is 9.53 Å². The Bertz CT molecular complexity index is 1190. The zero-order valence-electron chi connectivity index (χ0n) is 19.5. The minimum Gasteiger partial charge on any atom is -0.443 e. The number of hydrogen-bond donors (Lipinski definition) is 1. The summed E-state index contributed by atoms with van der Waals surface area (Å²) in [7, 11) is 0. The maximum Gasteiger partial charge on any atom is 0.419 e. The molecule has 0 fully saturated rings. The van der Waals surface area contributed by atoms with Crippen LogP contribution in [0.3, 0.4) is 0 Å². The van der Waals surface area contributed by atoms with Gasteiger partial charge in [-0.2, -0.15) is 0 Å². The number of ether oxygens (including phenoxy) is 1. The lowest BCUT2D eigenvalue weighted by molar-refractivity contribution is -0.130. The van der Waals surface area contributed by atoms with Gasteiger partial charge in [0.25, 0.3) is 11.8 Å². The molecule has 0 spiro atoms. The maximum absolute atomic E-state index is 12.9. The molecule has 7 heteroatoms. The van der Waals surface area contributed by atoms with Gasteiger partial charge in [-0.25, -0.2) is 9.80 Å². The topological polar surface area (TPSA) is 80.6 Å². The van der Waals surface area contributed by atoms with Gasteiger partial charge in [0.2, 0.25) is 0 Å². The first kappa shape index (κ1) is 23.8. The van der Waals surface area contributed by atoms with Gasteiger partial charge in [0, 0.05) is 34.8 Å². The van der Waals surface area contributed by atoms with Gasteiger partial charge in [-0.3, -0.25) is 19.6 Å². The van der Waals surface area contributed by atoms with Crippen molar-refractivity contribution in [3.05, 3.63) is 78.0 Å². The van der Waals surface area contributed by atoms with Crippen LogP contribution in [0.5, 0.6) is 0 Å². The van der Waals surface area contributed by atoms with Crippen molar-refractivity contribution in [1.82, 2.24) is 15.0 Å². The average molecular weight is 448 g/mol. The molecule has 2 amide bonds. The Hall–Kier alpha value is -3.87. The van der Waals surface area contributed by atoms with E-state index in [2.05, 4.69) is 5.43 Å². The smallest absolute Gasteiger partial charge is 0.419 e. The normalized spacial score (nSPS) is 11.7. The number of aromatic nitrogens is 1. The number of benzene rings is 2. The third kappa shape index (κ3) is 5.88. The van der Waals surface area contributed by atoms with Crippen molar-refractivity contribution in [3.63, 3.8) is 0 Å². The first-order valence-electron chi connectivity index (χ1n) is 10.8. The summed E-state index contributed by atoms with van der Waals surface area (Å²) >= 11 is 0. The van der Waals surface area contributed by atoms with Gasteiger partial charge in [-0.05, 0) is 58.9 Å². The van der Waals surface area contributed by atoms with Crippen LogP contribution in [0.1, 0.15) is 50.5 Å². The lowest BCUT2D eigenvalue weighted by atomic mass is 10.1.